The van der Waals surface area contributed by atoms with E-state index in [9.17, 15) is 14.4 Å². The fraction of sp³-hybridized carbons (Fsp3) is 0.842. The molecule has 4 saturated carbocycles. The lowest BCUT2D eigenvalue weighted by Crippen LogP contribution is -2.58. The van der Waals surface area contributed by atoms with Crippen molar-refractivity contribution in [2.45, 2.75) is 64.8 Å². The second-order valence-electron chi connectivity index (χ2n) is 8.54. The van der Waals surface area contributed by atoms with Crippen molar-refractivity contribution in [2.24, 2.45) is 34.8 Å². The van der Waals surface area contributed by atoms with Crippen LogP contribution in [0.2, 0.25) is 0 Å². The molecule has 2 atom stereocenters. The van der Waals surface area contributed by atoms with Crippen LogP contribution in [0.25, 0.3) is 0 Å². The van der Waals surface area contributed by atoms with E-state index < -0.39 is 11.9 Å². The molecule has 25 heavy (non-hydrogen) atoms. The lowest BCUT2D eigenvalue weighted by molar-refractivity contribution is -0.150. The molecule has 0 aromatic carbocycles. The van der Waals surface area contributed by atoms with Crippen molar-refractivity contribution >= 4 is 17.8 Å². The molecule has 0 aromatic rings. The van der Waals surface area contributed by atoms with E-state index in [-0.39, 0.29) is 29.6 Å². The minimum atomic E-state index is -0.829. The SMILES string of the molecule is CCOC(=O)C[C@@H](C)[C@@H](NC(=O)C12CC3CC(CC(C3)C1)C2)C(N)=O. The van der Waals surface area contributed by atoms with E-state index in [1.807, 2.05) is 0 Å². The summed E-state index contributed by atoms with van der Waals surface area (Å²) in [5.41, 5.74) is 5.19. The summed E-state index contributed by atoms with van der Waals surface area (Å²) in [7, 11) is 0. The first-order valence-electron chi connectivity index (χ1n) is 9.59. The van der Waals surface area contributed by atoms with Gasteiger partial charge in [-0.3, -0.25) is 14.4 Å². The maximum absolute atomic E-state index is 13.1. The zero-order chi connectivity index (χ0) is 18.2. The normalized spacial score (nSPS) is 35.0. The highest BCUT2D eigenvalue weighted by Gasteiger charge is 2.55. The van der Waals surface area contributed by atoms with E-state index in [4.69, 9.17) is 10.5 Å². The average molecular weight is 350 g/mol. The standard InChI is InChI=1S/C19H30N2O4/c1-3-25-15(22)4-11(2)16(17(20)23)21-18(24)19-8-12-5-13(9-19)7-14(6-12)10-19/h11-14,16H,3-10H2,1-2H3,(H2,20,23)(H,21,24)/t11-,12?,13?,14?,16-,19?/m1/s1. The smallest absolute Gasteiger partial charge is 0.306 e. The third kappa shape index (κ3) is 3.67. The molecule has 4 aliphatic carbocycles. The number of primary amides is 1. The van der Waals surface area contributed by atoms with Gasteiger partial charge in [-0.1, -0.05) is 6.92 Å². The van der Waals surface area contributed by atoms with Crippen molar-refractivity contribution in [3.63, 3.8) is 0 Å². The first kappa shape index (κ1) is 18.2. The molecule has 4 aliphatic rings. The van der Waals surface area contributed by atoms with Crippen LogP contribution in [0.5, 0.6) is 0 Å². The largest absolute Gasteiger partial charge is 0.466 e. The molecule has 3 N–H and O–H groups in total. The van der Waals surface area contributed by atoms with E-state index in [2.05, 4.69) is 5.32 Å². The number of ether oxygens (including phenoxy) is 1. The lowest BCUT2D eigenvalue weighted by atomic mass is 9.49. The van der Waals surface area contributed by atoms with Crippen LogP contribution in [0.4, 0.5) is 0 Å². The van der Waals surface area contributed by atoms with Gasteiger partial charge in [-0.25, -0.2) is 0 Å². The molecule has 0 radical (unpaired) electrons. The fourth-order valence-electron chi connectivity index (χ4n) is 5.78. The highest BCUT2D eigenvalue weighted by Crippen LogP contribution is 2.60. The van der Waals surface area contributed by atoms with Gasteiger partial charge in [-0.15, -0.1) is 0 Å². The predicted octanol–water partition coefficient (Wildman–Crippen LogP) is 1.76. The number of nitrogens with two attached hydrogens (primary N) is 1. The van der Waals surface area contributed by atoms with E-state index in [1.54, 1.807) is 13.8 Å². The number of nitrogens with one attached hydrogen (secondary N) is 1. The van der Waals surface area contributed by atoms with Crippen LogP contribution in [0.1, 0.15) is 58.8 Å². The molecular weight excluding hydrogens is 320 g/mol. The Morgan fingerprint density at radius 1 is 1.12 bits per heavy atom. The molecule has 6 heteroatoms. The quantitative estimate of drug-likeness (QED) is 0.684. The Morgan fingerprint density at radius 2 is 1.64 bits per heavy atom. The Hall–Kier alpha value is -1.59. The summed E-state index contributed by atoms with van der Waals surface area (Å²) < 4.78 is 4.94. The van der Waals surface area contributed by atoms with Crippen LogP contribution < -0.4 is 11.1 Å². The summed E-state index contributed by atoms with van der Waals surface area (Å²) in [5, 5.41) is 2.90. The maximum atomic E-state index is 13.1. The van der Waals surface area contributed by atoms with Gasteiger partial charge in [0.05, 0.1) is 13.0 Å². The van der Waals surface area contributed by atoms with Crippen molar-refractivity contribution in [1.29, 1.82) is 0 Å². The fourth-order valence-corrected chi connectivity index (χ4v) is 5.78. The molecule has 4 bridgehead atoms. The van der Waals surface area contributed by atoms with Crippen LogP contribution in [-0.4, -0.2) is 30.4 Å². The summed E-state index contributed by atoms with van der Waals surface area (Å²) in [6.07, 6.45) is 6.64. The minimum Gasteiger partial charge on any atom is -0.466 e. The second-order valence-corrected chi connectivity index (χ2v) is 8.54. The molecule has 0 saturated heterocycles. The number of carbonyl (C=O) groups excluding carboxylic acids is 3. The van der Waals surface area contributed by atoms with Crippen LogP contribution in [0, 0.1) is 29.1 Å². The maximum Gasteiger partial charge on any atom is 0.306 e. The number of hydrogen-bond acceptors (Lipinski definition) is 4. The zero-order valence-electron chi connectivity index (χ0n) is 15.3. The molecule has 0 heterocycles. The van der Waals surface area contributed by atoms with Gasteiger partial charge >= 0.3 is 5.97 Å². The lowest BCUT2D eigenvalue weighted by Gasteiger charge is -2.55. The molecule has 0 aliphatic heterocycles. The monoisotopic (exact) mass is 350 g/mol. The van der Waals surface area contributed by atoms with Crippen molar-refractivity contribution in [3.05, 3.63) is 0 Å². The van der Waals surface area contributed by atoms with Crippen LogP contribution in [-0.2, 0) is 19.1 Å². The van der Waals surface area contributed by atoms with Gasteiger partial charge in [0.15, 0.2) is 0 Å². The molecule has 2 amide bonds. The second kappa shape index (κ2) is 6.96. The molecule has 4 fully saturated rings. The number of hydrogen-bond donors (Lipinski definition) is 2. The topological polar surface area (TPSA) is 98.5 Å². The van der Waals surface area contributed by atoms with E-state index >= 15 is 0 Å². The first-order chi connectivity index (χ1) is 11.8. The third-order valence-corrected chi connectivity index (χ3v) is 6.48. The van der Waals surface area contributed by atoms with Crippen LogP contribution in [0.3, 0.4) is 0 Å². The Kier molecular flexibility index (Phi) is 5.07. The van der Waals surface area contributed by atoms with Crippen LogP contribution >= 0.6 is 0 Å². The van der Waals surface area contributed by atoms with E-state index in [0.29, 0.717) is 24.4 Å². The number of esters is 1. The van der Waals surface area contributed by atoms with Crippen molar-refractivity contribution in [1.82, 2.24) is 5.32 Å². The molecular formula is C19H30N2O4. The zero-order valence-corrected chi connectivity index (χ0v) is 15.3. The van der Waals surface area contributed by atoms with Gasteiger partial charge in [0, 0.05) is 5.41 Å². The summed E-state index contributed by atoms with van der Waals surface area (Å²) in [5.74, 6) is 0.587. The summed E-state index contributed by atoms with van der Waals surface area (Å²) in [4.78, 5) is 36.7. The Morgan fingerprint density at radius 3 is 2.08 bits per heavy atom. The molecule has 4 rings (SSSR count). The molecule has 0 aromatic heterocycles. The van der Waals surface area contributed by atoms with Crippen molar-refractivity contribution in [3.8, 4) is 0 Å². The molecule has 0 unspecified atom stereocenters. The highest BCUT2D eigenvalue weighted by atomic mass is 16.5. The van der Waals surface area contributed by atoms with Gasteiger partial charge in [0.25, 0.3) is 0 Å². The summed E-state index contributed by atoms with van der Waals surface area (Å²) >= 11 is 0. The van der Waals surface area contributed by atoms with Gasteiger partial charge in [0.2, 0.25) is 11.8 Å². The van der Waals surface area contributed by atoms with Crippen molar-refractivity contribution in [2.75, 3.05) is 6.61 Å². The molecule has 0 spiro atoms. The highest BCUT2D eigenvalue weighted by molar-refractivity contribution is 5.90. The van der Waals surface area contributed by atoms with Crippen molar-refractivity contribution < 1.29 is 19.1 Å². The number of rotatable bonds is 7. The van der Waals surface area contributed by atoms with Gasteiger partial charge < -0.3 is 15.8 Å². The predicted molar refractivity (Wildman–Crippen MR) is 92.1 cm³/mol. The Balaban J connectivity index is 1.67. The van der Waals surface area contributed by atoms with Gasteiger partial charge in [-0.05, 0) is 69.1 Å². The van der Waals surface area contributed by atoms with E-state index in [1.165, 1.54) is 19.3 Å². The molecule has 140 valence electrons. The Labute approximate surface area is 149 Å². The Bertz CT molecular complexity index is 524. The average Bonchev–Trinajstić information content (AvgIpc) is 2.50. The first-order valence-corrected chi connectivity index (χ1v) is 9.59. The number of carbonyl (C=O) groups is 3. The minimum absolute atomic E-state index is 0.0360. The van der Waals surface area contributed by atoms with Gasteiger partial charge in [-0.2, -0.15) is 0 Å². The van der Waals surface area contributed by atoms with Crippen LogP contribution in [0.15, 0.2) is 0 Å². The third-order valence-electron chi connectivity index (χ3n) is 6.48. The van der Waals surface area contributed by atoms with Gasteiger partial charge in [0.1, 0.15) is 6.04 Å². The summed E-state index contributed by atoms with van der Waals surface area (Å²) in [6, 6.07) is -0.829. The number of amides is 2. The van der Waals surface area contributed by atoms with E-state index in [0.717, 1.165) is 19.3 Å². The summed E-state index contributed by atoms with van der Waals surface area (Å²) in [6.45, 7) is 3.79. The molecule has 6 nitrogen and oxygen atoms in total.